The largest absolute Gasteiger partial charge is 0.505 e. The number of pyridine rings is 1. The third kappa shape index (κ3) is 3.01. The number of nitrogens with zero attached hydrogens (tertiary/aromatic N) is 2. The van der Waals surface area contributed by atoms with E-state index in [4.69, 9.17) is 0 Å². The minimum Gasteiger partial charge on any atom is -0.505 e. The Hall–Kier alpha value is -2.11. The second kappa shape index (κ2) is 5.69. The summed E-state index contributed by atoms with van der Waals surface area (Å²) in [7, 11) is 1.60. The van der Waals surface area contributed by atoms with Crippen molar-refractivity contribution < 1.29 is 14.7 Å². The lowest BCUT2D eigenvalue weighted by Gasteiger charge is -2.16. The van der Waals surface area contributed by atoms with Gasteiger partial charge in [-0.1, -0.05) is 0 Å². The first kappa shape index (κ1) is 13.3. The number of hydrogen-bond acceptors (Lipinski definition) is 4. The van der Waals surface area contributed by atoms with Crippen LogP contribution in [0.1, 0.15) is 23.3 Å². The average molecular weight is 263 g/mol. The molecule has 0 spiro atoms. The Balaban J connectivity index is 1.99. The molecule has 1 aliphatic heterocycles. The first-order chi connectivity index (χ1) is 9.11. The third-order valence-corrected chi connectivity index (χ3v) is 3.31. The molecule has 1 aliphatic rings. The predicted octanol–water partition coefficient (Wildman–Crippen LogP) is 0.385. The van der Waals surface area contributed by atoms with Crippen molar-refractivity contribution in [2.75, 3.05) is 20.1 Å². The van der Waals surface area contributed by atoms with E-state index in [9.17, 15) is 14.7 Å². The molecule has 1 aromatic rings. The number of amides is 2. The van der Waals surface area contributed by atoms with Crippen LogP contribution in [0.4, 0.5) is 0 Å². The molecule has 0 saturated carbocycles. The van der Waals surface area contributed by atoms with Crippen LogP contribution in [0.5, 0.6) is 5.75 Å². The van der Waals surface area contributed by atoms with Gasteiger partial charge in [0.15, 0.2) is 5.69 Å². The summed E-state index contributed by atoms with van der Waals surface area (Å²) >= 11 is 0. The van der Waals surface area contributed by atoms with E-state index in [-0.39, 0.29) is 29.2 Å². The first-order valence-corrected chi connectivity index (χ1v) is 6.25. The minimum absolute atomic E-state index is 0.0139. The smallest absolute Gasteiger partial charge is 0.276 e. The fourth-order valence-corrected chi connectivity index (χ4v) is 2.26. The molecule has 1 fully saturated rings. The summed E-state index contributed by atoms with van der Waals surface area (Å²) in [5.41, 5.74) is 0.0723. The molecule has 2 N–H and O–H groups in total. The molecule has 0 bridgehead atoms. The van der Waals surface area contributed by atoms with Crippen LogP contribution < -0.4 is 5.32 Å². The van der Waals surface area contributed by atoms with Crippen molar-refractivity contribution in [3.8, 4) is 5.75 Å². The Bertz CT molecular complexity index is 490. The van der Waals surface area contributed by atoms with Crippen LogP contribution in [0.25, 0.3) is 0 Å². The second-order valence-electron chi connectivity index (χ2n) is 4.65. The van der Waals surface area contributed by atoms with Crippen molar-refractivity contribution in [3.63, 3.8) is 0 Å². The Labute approximate surface area is 111 Å². The van der Waals surface area contributed by atoms with Crippen LogP contribution >= 0.6 is 0 Å². The molecular formula is C13H17N3O3. The monoisotopic (exact) mass is 263 g/mol. The molecule has 19 heavy (non-hydrogen) atoms. The maximum absolute atomic E-state index is 12.2. The van der Waals surface area contributed by atoms with Crippen molar-refractivity contribution in [1.29, 1.82) is 0 Å². The standard InChI is InChI=1S/C13H17N3O3/c1-14-11(18)7-9-4-6-16(8-9)13(19)12-10(17)3-2-5-15-12/h2-3,5,9,17H,4,6-8H2,1H3,(H,14,18). The number of carbonyl (C=O) groups is 2. The molecule has 1 saturated heterocycles. The van der Waals surface area contributed by atoms with Crippen LogP contribution in [0, 0.1) is 5.92 Å². The summed E-state index contributed by atoms with van der Waals surface area (Å²) in [5, 5.41) is 12.2. The molecule has 6 heteroatoms. The molecule has 102 valence electrons. The molecule has 1 aromatic heterocycles. The summed E-state index contributed by atoms with van der Waals surface area (Å²) in [6.07, 6.45) is 2.70. The zero-order valence-corrected chi connectivity index (χ0v) is 10.8. The van der Waals surface area contributed by atoms with E-state index in [1.165, 1.54) is 12.3 Å². The number of nitrogens with one attached hydrogen (secondary N) is 1. The van der Waals surface area contributed by atoms with Gasteiger partial charge in [0.2, 0.25) is 5.91 Å². The highest BCUT2D eigenvalue weighted by atomic mass is 16.3. The Morgan fingerprint density at radius 2 is 2.37 bits per heavy atom. The Morgan fingerprint density at radius 1 is 1.58 bits per heavy atom. The van der Waals surface area contributed by atoms with E-state index in [2.05, 4.69) is 10.3 Å². The Morgan fingerprint density at radius 3 is 3.05 bits per heavy atom. The highest BCUT2D eigenvalue weighted by Gasteiger charge is 2.29. The van der Waals surface area contributed by atoms with E-state index < -0.39 is 0 Å². The van der Waals surface area contributed by atoms with Gasteiger partial charge in [-0.3, -0.25) is 9.59 Å². The lowest BCUT2D eigenvalue weighted by Crippen LogP contribution is -2.30. The van der Waals surface area contributed by atoms with Gasteiger partial charge in [0, 0.05) is 32.8 Å². The van der Waals surface area contributed by atoms with Crippen molar-refractivity contribution in [3.05, 3.63) is 24.0 Å². The summed E-state index contributed by atoms with van der Waals surface area (Å²) in [6, 6.07) is 3.02. The molecule has 2 amide bonds. The number of likely N-dealkylation sites (tertiary alicyclic amines) is 1. The number of rotatable bonds is 3. The van der Waals surface area contributed by atoms with E-state index in [1.54, 1.807) is 18.0 Å². The zero-order chi connectivity index (χ0) is 13.8. The van der Waals surface area contributed by atoms with E-state index in [1.807, 2.05) is 0 Å². The molecule has 0 aliphatic carbocycles. The number of carbonyl (C=O) groups excluding carboxylic acids is 2. The summed E-state index contributed by atoms with van der Waals surface area (Å²) in [6.45, 7) is 1.12. The molecule has 2 heterocycles. The normalized spacial score (nSPS) is 18.4. The SMILES string of the molecule is CNC(=O)CC1CCN(C(=O)c2ncccc2O)C1. The van der Waals surface area contributed by atoms with Crippen LogP contribution in [-0.2, 0) is 4.79 Å². The minimum atomic E-state index is -0.280. The van der Waals surface area contributed by atoms with Crippen LogP contribution in [0.2, 0.25) is 0 Å². The van der Waals surface area contributed by atoms with Gasteiger partial charge in [-0.05, 0) is 24.5 Å². The third-order valence-electron chi connectivity index (χ3n) is 3.31. The van der Waals surface area contributed by atoms with Gasteiger partial charge >= 0.3 is 0 Å². The van der Waals surface area contributed by atoms with E-state index in [0.717, 1.165) is 6.42 Å². The van der Waals surface area contributed by atoms with Crippen molar-refractivity contribution >= 4 is 11.8 Å². The van der Waals surface area contributed by atoms with E-state index in [0.29, 0.717) is 19.5 Å². The zero-order valence-electron chi connectivity index (χ0n) is 10.8. The highest BCUT2D eigenvalue weighted by Crippen LogP contribution is 2.23. The van der Waals surface area contributed by atoms with Gasteiger partial charge in [0.1, 0.15) is 5.75 Å². The second-order valence-corrected chi connectivity index (χ2v) is 4.65. The first-order valence-electron chi connectivity index (χ1n) is 6.25. The molecule has 1 unspecified atom stereocenters. The molecular weight excluding hydrogens is 246 g/mol. The van der Waals surface area contributed by atoms with Gasteiger partial charge in [-0.15, -0.1) is 0 Å². The number of hydrogen-bond donors (Lipinski definition) is 2. The predicted molar refractivity (Wildman–Crippen MR) is 68.6 cm³/mol. The molecule has 1 atom stereocenters. The topological polar surface area (TPSA) is 82.5 Å². The number of aromatic nitrogens is 1. The summed E-state index contributed by atoms with van der Waals surface area (Å²) in [5.74, 6) is -0.227. The average Bonchev–Trinajstić information content (AvgIpc) is 2.87. The molecule has 2 rings (SSSR count). The van der Waals surface area contributed by atoms with Crippen LogP contribution in [0.3, 0.4) is 0 Å². The van der Waals surface area contributed by atoms with Crippen molar-refractivity contribution in [2.24, 2.45) is 5.92 Å². The van der Waals surface area contributed by atoms with Gasteiger partial charge < -0.3 is 15.3 Å². The van der Waals surface area contributed by atoms with Crippen molar-refractivity contribution in [1.82, 2.24) is 15.2 Å². The summed E-state index contributed by atoms with van der Waals surface area (Å²) in [4.78, 5) is 29.0. The highest BCUT2D eigenvalue weighted by molar-refractivity contribution is 5.95. The van der Waals surface area contributed by atoms with Gasteiger partial charge in [0.05, 0.1) is 0 Å². The molecule has 6 nitrogen and oxygen atoms in total. The quantitative estimate of drug-likeness (QED) is 0.826. The fraction of sp³-hybridized carbons (Fsp3) is 0.462. The van der Waals surface area contributed by atoms with Crippen LogP contribution in [0.15, 0.2) is 18.3 Å². The summed E-state index contributed by atoms with van der Waals surface area (Å²) < 4.78 is 0. The Kier molecular flexibility index (Phi) is 3.99. The van der Waals surface area contributed by atoms with Gasteiger partial charge in [-0.25, -0.2) is 4.98 Å². The van der Waals surface area contributed by atoms with Crippen molar-refractivity contribution in [2.45, 2.75) is 12.8 Å². The molecule has 0 radical (unpaired) electrons. The number of aromatic hydroxyl groups is 1. The molecule has 0 aromatic carbocycles. The van der Waals surface area contributed by atoms with E-state index >= 15 is 0 Å². The maximum atomic E-state index is 12.2. The van der Waals surface area contributed by atoms with Crippen LogP contribution in [-0.4, -0.2) is 46.9 Å². The maximum Gasteiger partial charge on any atom is 0.276 e. The van der Waals surface area contributed by atoms with Gasteiger partial charge in [-0.2, -0.15) is 0 Å². The lowest BCUT2D eigenvalue weighted by atomic mass is 10.0. The van der Waals surface area contributed by atoms with Gasteiger partial charge in [0.25, 0.3) is 5.91 Å². The lowest BCUT2D eigenvalue weighted by molar-refractivity contribution is -0.121. The fourth-order valence-electron chi connectivity index (χ4n) is 2.26.